The Morgan fingerprint density at radius 1 is 0.647 bits per heavy atom. The smallest absolute Gasteiger partial charge is 0.0207 e. The molecule has 0 aliphatic carbocycles. The van der Waals surface area contributed by atoms with E-state index in [1.54, 1.807) is 0 Å². The van der Waals surface area contributed by atoms with Gasteiger partial charge in [0.2, 0.25) is 0 Å². The number of hydrogen-bond acceptors (Lipinski definition) is 0. The summed E-state index contributed by atoms with van der Waals surface area (Å²) in [6, 6.07) is 0. The highest BCUT2D eigenvalue weighted by atomic mass is 32.1. The fourth-order valence-electron chi connectivity index (χ4n) is 2.21. The molecular formula is C16H33S. The topological polar surface area (TPSA) is 0 Å². The normalized spacial score (nSPS) is 12.0. The Hall–Kier alpha value is 0.350. The van der Waals surface area contributed by atoms with E-state index < -0.39 is 0 Å². The average molecular weight is 258 g/mol. The van der Waals surface area contributed by atoms with Crippen molar-refractivity contribution in [3.05, 3.63) is 0 Å². The van der Waals surface area contributed by atoms with Crippen molar-refractivity contribution >= 4 is 12.6 Å². The minimum Gasteiger partial charge on any atom is -0.0873 e. The minimum absolute atomic E-state index is 0.124. The molecule has 0 bridgehead atoms. The molecule has 0 spiro atoms. The molecule has 0 atom stereocenters. The molecule has 103 valence electrons. The summed E-state index contributed by atoms with van der Waals surface area (Å²) in [5.41, 5.74) is 0. The molecule has 0 aliphatic rings. The van der Waals surface area contributed by atoms with E-state index in [4.69, 9.17) is 12.6 Å². The van der Waals surface area contributed by atoms with Gasteiger partial charge in [0, 0.05) is 4.75 Å². The van der Waals surface area contributed by atoms with E-state index in [0.29, 0.717) is 0 Å². The third-order valence-electron chi connectivity index (χ3n) is 3.38. The van der Waals surface area contributed by atoms with Gasteiger partial charge in [0.1, 0.15) is 0 Å². The molecule has 0 fully saturated rings. The number of unbranched alkanes of at least 4 members (excludes halogenated alkanes) is 10. The van der Waals surface area contributed by atoms with Crippen molar-refractivity contribution in [1.82, 2.24) is 0 Å². The van der Waals surface area contributed by atoms with Crippen LogP contribution >= 0.6 is 12.6 Å². The van der Waals surface area contributed by atoms with Crippen LogP contribution in [0.25, 0.3) is 0 Å². The van der Waals surface area contributed by atoms with Crippen molar-refractivity contribution in [2.24, 2.45) is 0 Å². The standard InChI is InChI=1S/C16H33S/c1-4-5-6-7-8-9-10-11-12-13-14-15-16(2,3)17/h4-15H2,1-3H3. The Labute approximate surface area is 115 Å². The Morgan fingerprint density at radius 3 is 1.35 bits per heavy atom. The maximum Gasteiger partial charge on any atom is 0.0207 e. The largest absolute Gasteiger partial charge is 0.0873 e. The second-order valence-electron chi connectivity index (χ2n) is 6.05. The molecule has 0 N–H and O–H groups in total. The van der Waals surface area contributed by atoms with Crippen molar-refractivity contribution in [3.8, 4) is 0 Å². The highest BCUT2D eigenvalue weighted by Gasteiger charge is 2.10. The predicted octanol–water partition coefficient (Wildman–Crippen LogP) is 6.66. The maximum absolute atomic E-state index is 5.35. The van der Waals surface area contributed by atoms with Crippen LogP contribution in [0.1, 0.15) is 97.8 Å². The lowest BCUT2D eigenvalue weighted by Gasteiger charge is -2.15. The molecule has 0 aliphatic heterocycles. The molecule has 0 rings (SSSR count). The van der Waals surface area contributed by atoms with Crippen molar-refractivity contribution in [2.45, 2.75) is 103 Å². The lowest BCUT2D eigenvalue weighted by molar-refractivity contribution is 0.525. The second-order valence-corrected chi connectivity index (χ2v) is 7.15. The fraction of sp³-hybridized carbons (Fsp3) is 1.00. The zero-order chi connectivity index (χ0) is 13.0. The summed E-state index contributed by atoms with van der Waals surface area (Å²) in [5, 5.41) is 0. The second kappa shape index (κ2) is 11.4. The summed E-state index contributed by atoms with van der Waals surface area (Å²) in [4.78, 5) is 0. The minimum atomic E-state index is 0.124. The van der Waals surface area contributed by atoms with Crippen LogP contribution in [0, 0.1) is 0 Å². The van der Waals surface area contributed by atoms with Crippen molar-refractivity contribution in [1.29, 1.82) is 0 Å². The molecule has 0 nitrogen and oxygen atoms in total. The third kappa shape index (κ3) is 16.4. The van der Waals surface area contributed by atoms with Crippen LogP contribution in [-0.4, -0.2) is 4.75 Å². The van der Waals surface area contributed by atoms with Gasteiger partial charge >= 0.3 is 0 Å². The van der Waals surface area contributed by atoms with E-state index in [2.05, 4.69) is 20.8 Å². The molecule has 0 aromatic rings. The molecule has 0 saturated carbocycles. The highest BCUT2D eigenvalue weighted by molar-refractivity contribution is 7.81. The Balaban J connectivity index is 2.99. The first-order valence-corrected chi connectivity index (χ1v) is 8.17. The zero-order valence-corrected chi connectivity index (χ0v) is 13.2. The van der Waals surface area contributed by atoms with Gasteiger partial charge in [-0.2, -0.15) is 0 Å². The molecule has 0 heterocycles. The molecule has 17 heavy (non-hydrogen) atoms. The van der Waals surface area contributed by atoms with Crippen LogP contribution in [0.3, 0.4) is 0 Å². The first-order chi connectivity index (χ1) is 8.06. The van der Waals surface area contributed by atoms with Gasteiger partial charge in [0.05, 0.1) is 0 Å². The van der Waals surface area contributed by atoms with E-state index in [1.165, 1.54) is 77.0 Å². The van der Waals surface area contributed by atoms with Crippen LogP contribution in [0.15, 0.2) is 0 Å². The zero-order valence-electron chi connectivity index (χ0n) is 12.4. The van der Waals surface area contributed by atoms with Crippen molar-refractivity contribution < 1.29 is 0 Å². The summed E-state index contributed by atoms with van der Waals surface area (Å²) >= 11 is 5.35. The monoisotopic (exact) mass is 257 g/mol. The van der Waals surface area contributed by atoms with Crippen molar-refractivity contribution in [3.63, 3.8) is 0 Å². The van der Waals surface area contributed by atoms with E-state index in [0.717, 1.165) is 0 Å². The average Bonchev–Trinajstić information content (AvgIpc) is 2.24. The molecule has 1 radical (unpaired) electrons. The quantitative estimate of drug-likeness (QED) is 0.343. The summed E-state index contributed by atoms with van der Waals surface area (Å²) in [6.07, 6.45) is 16.8. The lowest BCUT2D eigenvalue weighted by Crippen LogP contribution is -2.09. The van der Waals surface area contributed by atoms with E-state index >= 15 is 0 Å². The molecule has 0 aromatic carbocycles. The summed E-state index contributed by atoms with van der Waals surface area (Å²) in [6.45, 7) is 6.61. The van der Waals surface area contributed by atoms with Gasteiger partial charge in [-0.3, -0.25) is 0 Å². The molecule has 0 unspecified atom stereocenters. The third-order valence-corrected chi connectivity index (χ3v) is 3.59. The van der Waals surface area contributed by atoms with Crippen LogP contribution < -0.4 is 0 Å². The van der Waals surface area contributed by atoms with Gasteiger partial charge < -0.3 is 0 Å². The highest BCUT2D eigenvalue weighted by Crippen LogP contribution is 2.21. The first-order valence-electron chi connectivity index (χ1n) is 7.76. The van der Waals surface area contributed by atoms with Gasteiger partial charge in [-0.15, -0.1) is 0 Å². The molecule has 1 heteroatoms. The van der Waals surface area contributed by atoms with E-state index in [1.807, 2.05) is 0 Å². The van der Waals surface area contributed by atoms with Crippen LogP contribution in [0.2, 0.25) is 0 Å². The molecule has 0 aromatic heterocycles. The van der Waals surface area contributed by atoms with Crippen molar-refractivity contribution in [2.75, 3.05) is 0 Å². The number of rotatable bonds is 12. The first kappa shape index (κ1) is 17.4. The van der Waals surface area contributed by atoms with E-state index in [-0.39, 0.29) is 4.75 Å². The van der Waals surface area contributed by atoms with Gasteiger partial charge in [-0.05, 0) is 20.3 Å². The van der Waals surface area contributed by atoms with Crippen LogP contribution in [-0.2, 0) is 0 Å². The Bertz CT molecular complexity index is 146. The van der Waals surface area contributed by atoms with Crippen LogP contribution in [0.5, 0.6) is 0 Å². The summed E-state index contributed by atoms with van der Waals surface area (Å²) < 4.78 is 0.124. The molecule has 0 saturated heterocycles. The summed E-state index contributed by atoms with van der Waals surface area (Å²) in [5.74, 6) is 0. The van der Waals surface area contributed by atoms with Crippen LogP contribution in [0.4, 0.5) is 0 Å². The Morgan fingerprint density at radius 2 is 1.00 bits per heavy atom. The Kier molecular flexibility index (Phi) is 11.7. The molecular weight excluding hydrogens is 224 g/mol. The van der Waals surface area contributed by atoms with E-state index in [9.17, 15) is 0 Å². The fourth-order valence-corrected chi connectivity index (χ4v) is 2.36. The lowest BCUT2D eigenvalue weighted by atomic mass is 10.0. The van der Waals surface area contributed by atoms with Gasteiger partial charge in [0.25, 0.3) is 0 Å². The molecule has 0 amide bonds. The maximum atomic E-state index is 5.35. The van der Waals surface area contributed by atoms with Gasteiger partial charge in [0.15, 0.2) is 0 Å². The summed E-state index contributed by atoms with van der Waals surface area (Å²) in [7, 11) is 0. The SMILES string of the molecule is CCCCCCCCCCCCCC(C)(C)[S]. The van der Waals surface area contributed by atoms with Gasteiger partial charge in [-0.25, -0.2) is 0 Å². The predicted molar refractivity (Wildman–Crippen MR) is 82.7 cm³/mol. The van der Waals surface area contributed by atoms with Gasteiger partial charge in [-0.1, -0.05) is 90.2 Å². The number of hydrogen-bond donors (Lipinski definition) is 0.